The number of nitrogens with one attached hydrogen (secondary N) is 1. The van der Waals surface area contributed by atoms with E-state index in [1.54, 1.807) is 28.9 Å². The Labute approximate surface area is 208 Å². The summed E-state index contributed by atoms with van der Waals surface area (Å²) < 4.78 is 2.13. The summed E-state index contributed by atoms with van der Waals surface area (Å²) in [6.07, 6.45) is 11.0. The first-order chi connectivity index (χ1) is 17.2. The molecule has 1 aromatic carbocycles. The summed E-state index contributed by atoms with van der Waals surface area (Å²) in [6.45, 7) is 3.36. The molecule has 1 aliphatic carbocycles. The second-order valence-corrected chi connectivity index (χ2v) is 10.6. The summed E-state index contributed by atoms with van der Waals surface area (Å²) in [7, 11) is 0. The van der Waals surface area contributed by atoms with Gasteiger partial charge in [-0.3, -0.25) is 19.3 Å². The molecule has 35 heavy (non-hydrogen) atoms. The first-order valence-electron chi connectivity index (χ1n) is 12.4. The molecule has 1 saturated carbocycles. The summed E-state index contributed by atoms with van der Waals surface area (Å²) in [4.78, 5) is 24.1. The maximum atomic E-state index is 11.8. The number of fused-ring (bicyclic) bond motifs is 1. The topological polar surface area (TPSA) is 82.8 Å². The maximum Gasteiger partial charge on any atom is 0.274 e. The molecule has 6 rings (SSSR count). The third-order valence-electron chi connectivity index (χ3n) is 7.62. The monoisotopic (exact) mass is 487 g/mol. The van der Waals surface area contributed by atoms with E-state index in [2.05, 4.69) is 33.0 Å². The molecule has 2 N–H and O–H groups in total. The quantitative estimate of drug-likeness (QED) is 0.294. The molecule has 7 nitrogen and oxygen atoms in total. The fourth-order valence-electron chi connectivity index (χ4n) is 5.73. The molecular weight excluding hydrogens is 458 g/mol. The largest absolute Gasteiger partial charge is 0.299 e. The lowest BCUT2D eigenvalue weighted by Crippen LogP contribution is -2.24. The number of hydrogen-bond acceptors (Lipinski definition) is 6. The molecule has 2 fully saturated rings. The van der Waals surface area contributed by atoms with E-state index < -0.39 is 5.91 Å². The van der Waals surface area contributed by atoms with Gasteiger partial charge in [0.15, 0.2) is 0 Å². The smallest absolute Gasteiger partial charge is 0.274 e. The highest BCUT2D eigenvalue weighted by atomic mass is 32.1. The van der Waals surface area contributed by atoms with Gasteiger partial charge in [-0.05, 0) is 74.2 Å². The van der Waals surface area contributed by atoms with Gasteiger partial charge in [-0.2, -0.15) is 0 Å². The van der Waals surface area contributed by atoms with Crippen LogP contribution in [-0.4, -0.2) is 43.5 Å². The SMILES string of the molecule is O=C(NO)c1ccc(C2(c3nc(-c4cnc5cc(CN6CCCC6)ccn45)cs3)CCCC2)cc1. The van der Waals surface area contributed by atoms with Crippen molar-refractivity contribution < 1.29 is 10.0 Å². The highest BCUT2D eigenvalue weighted by Crippen LogP contribution is 2.48. The minimum Gasteiger partial charge on any atom is -0.299 e. The molecule has 1 saturated heterocycles. The number of likely N-dealkylation sites (tertiary alicyclic amines) is 1. The first-order valence-corrected chi connectivity index (χ1v) is 13.2. The Kier molecular flexibility index (Phi) is 5.88. The maximum absolute atomic E-state index is 11.8. The molecule has 1 amide bonds. The Morgan fingerprint density at radius 1 is 1.09 bits per heavy atom. The number of rotatable bonds is 6. The zero-order valence-electron chi connectivity index (χ0n) is 19.6. The molecule has 180 valence electrons. The second-order valence-electron chi connectivity index (χ2n) is 9.74. The zero-order chi connectivity index (χ0) is 23.8. The molecule has 0 radical (unpaired) electrons. The average molecular weight is 488 g/mol. The highest BCUT2D eigenvalue weighted by Gasteiger charge is 2.40. The van der Waals surface area contributed by atoms with Crippen LogP contribution in [0.4, 0.5) is 0 Å². The molecule has 0 spiro atoms. The summed E-state index contributed by atoms with van der Waals surface area (Å²) in [5.41, 5.74) is 7.41. The van der Waals surface area contributed by atoms with Crippen LogP contribution in [0.15, 0.2) is 54.2 Å². The van der Waals surface area contributed by atoms with Crippen LogP contribution >= 0.6 is 11.3 Å². The summed E-state index contributed by atoms with van der Waals surface area (Å²) >= 11 is 1.71. The van der Waals surface area contributed by atoms with E-state index in [4.69, 9.17) is 15.2 Å². The fraction of sp³-hybridized carbons (Fsp3) is 0.370. The number of imidazole rings is 1. The minimum atomic E-state index is -0.496. The van der Waals surface area contributed by atoms with Crippen molar-refractivity contribution >= 4 is 22.9 Å². The third kappa shape index (κ3) is 4.05. The van der Waals surface area contributed by atoms with E-state index in [-0.39, 0.29) is 5.41 Å². The van der Waals surface area contributed by atoms with E-state index in [0.717, 1.165) is 54.3 Å². The lowest BCUT2D eigenvalue weighted by molar-refractivity contribution is 0.0706. The van der Waals surface area contributed by atoms with Crippen LogP contribution in [0.3, 0.4) is 0 Å². The third-order valence-corrected chi connectivity index (χ3v) is 8.66. The number of carbonyl (C=O) groups excluding carboxylic acids is 1. The van der Waals surface area contributed by atoms with Crippen molar-refractivity contribution in [2.75, 3.05) is 13.1 Å². The Balaban J connectivity index is 1.30. The molecule has 4 aromatic rings. The number of aromatic nitrogens is 3. The number of amides is 1. The van der Waals surface area contributed by atoms with Crippen LogP contribution in [0.25, 0.3) is 17.0 Å². The number of nitrogens with zero attached hydrogens (tertiary/aromatic N) is 4. The van der Waals surface area contributed by atoms with Gasteiger partial charge in [0.1, 0.15) is 10.7 Å². The van der Waals surface area contributed by atoms with Gasteiger partial charge in [0.05, 0.1) is 17.6 Å². The average Bonchev–Trinajstić information content (AvgIpc) is 3.70. The lowest BCUT2D eigenvalue weighted by atomic mass is 9.79. The summed E-state index contributed by atoms with van der Waals surface area (Å²) in [6, 6.07) is 12.0. The van der Waals surface area contributed by atoms with Gasteiger partial charge in [-0.1, -0.05) is 25.0 Å². The predicted octanol–water partition coefficient (Wildman–Crippen LogP) is 5.03. The molecule has 0 atom stereocenters. The Bertz CT molecular complexity index is 1350. The minimum absolute atomic E-state index is 0.138. The highest BCUT2D eigenvalue weighted by molar-refractivity contribution is 7.10. The summed E-state index contributed by atoms with van der Waals surface area (Å²) in [5.74, 6) is -0.496. The van der Waals surface area contributed by atoms with Gasteiger partial charge in [0, 0.05) is 29.1 Å². The van der Waals surface area contributed by atoms with E-state index in [0.29, 0.717) is 5.56 Å². The van der Waals surface area contributed by atoms with Crippen LogP contribution in [0.2, 0.25) is 0 Å². The van der Waals surface area contributed by atoms with Gasteiger partial charge in [-0.15, -0.1) is 11.3 Å². The van der Waals surface area contributed by atoms with Crippen LogP contribution in [0.5, 0.6) is 0 Å². The molecule has 3 aromatic heterocycles. The van der Waals surface area contributed by atoms with Crippen molar-refractivity contribution in [2.24, 2.45) is 0 Å². The molecule has 0 unspecified atom stereocenters. The second kappa shape index (κ2) is 9.18. The normalized spacial score (nSPS) is 17.9. The molecular formula is C27H29N5O2S. The van der Waals surface area contributed by atoms with Gasteiger partial charge in [0.25, 0.3) is 5.91 Å². The standard InChI is InChI=1S/C27H29N5O2S/c33-25(30-34)20-5-7-21(8-6-20)27(10-1-2-11-27)26-29-22(18-35-26)23-16-28-24-15-19(9-14-32(23)24)17-31-12-3-4-13-31/h5-9,14-16,18,34H,1-4,10-13,17H2,(H,30,33). The summed E-state index contributed by atoms with van der Waals surface area (Å²) in [5, 5.41) is 12.2. The molecule has 4 heterocycles. The Hall–Kier alpha value is -3.07. The van der Waals surface area contributed by atoms with Gasteiger partial charge in [-0.25, -0.2) is 15.4 Å². The lowest BCUT2D eigenvalue weighted by Gasteiger charge is -2.27. The van der Waals surface area contributed by atoms with Crippen molar-refractivity contribution in [1.82, 2.24) is 24.7 Å². The van der Waals surface area contributed by atoms with Crippen LogP contribution in [0, 0.1) is 0 Å². The van der Waals surface area contributed by atoms with Gasteiger partial charge >= 0.3 is 0 Å². The van der Waals surface area contributed by atoms with Crippen molar-refractivity contribution in [3.63, 3.8) is 0 Å². The number of benzene rings is 1. The van der Waals surface area contributed by atoms with Crippen LogP contribution in [-0.2, 0) is 12.0 Å². The number of pyridine rings is 1. The molecule has 2 aliphatic rings. The van der Waals surface area contributed by atoms with Crippen molar-refractivity contribution in [2.45, 2.75) is 50.5 Å². The van der Waals surface area contributed by atoms with E-state index in [9.17, 15) is 4.79 Å². The van der Waals surface area contributed by atoms with Gasteiger partial charge in [0.2, 0.25) is 0 Å². The first kappa shape index (κ1) is 22.4. The number of thiazole rings is 1. The van der Waals surface area contributed by atoms with E-state index in [1.165, 1.54) is 37.1 Å². The van der Waals surface area contributed by atoms with Crippen molar-refractivity contribution in [1.29, 1.82) is 0 Å². The molecule has 0 bridgehead atoms. The van der Waals surface area contributed by atoms with Crippen LogP contribution < -0.4 is 5.48 Å². The fourth-order valence-corrected chi connectivity index (χ4v) is 6.83. The zero-order valence-corrected chi connectivity index (χ0v) is 20.4. The predicted molar refractivity (Wildman–Crippen MR) is 136 cm³/mol. The molecule has 8 heteroatoms. The van der Waals surface area contributed by atoms with Crippen molar-refractivity contribution in [3.8, 4) is 11.4 Å². The Morgan fingerprint density at radius 3 is 2.60 bits per heavy atom. The van der Waals surface area contributed by atoms with Crippen LogP contribution in [0.1, 0.15) is 65.0 Å². The number of carbonyl (C=O) groups is 1. The number of hydrogen-bond donors (Lipinski definition) is 2. The van der Waals surface area contributed by atoms with E-state index >= 15 is 0 Å². The molecule has 1 aliphatic heterocycles. The number of hydroxylamine groups is 1. The van der Waals surface area contributed by atoms with Gasteiger partial charge < -0.3 is 0 Å². The van der Waals surface area contributed by atoms with Crippen molar-refractivity contribution in [3.05, 3.63) is 75.9 Å². The Morgan fingerprint density at radius 2 is 1.86 bits per heavy atom. The van der Waals surface area contributed by atoms with E-state index in [1.807, 2.05) is 18.3 Å².